The van der Waals surface area contributed by atoms with Crippen molar-refractivity contribution in [1.82, 2.24) is 4.90 Å². The van der Waals surface area contributed by atoms with E-state index in [9.17, 15) is 4.79 Å². The van der Waals surface area contributed by atoms with Gasteiger partial charge >= 0.3 is 0 Å². The Morgan fingerprint density at radius 2 is 1.67 bits per heavy atom. The molecule has 0 spiro atoms. The minimum Gasteiger partial charge on any atom is -0.497 e. The van der Waals surface area contributed by atoms with Crippen molar-refractivity contribution in [2.75, 3.05) is 27.5 Å². The van der Waals surface area contributed by atoms with Crippen molar-refractivity contribution in [3.8, 4) is 5.75 Å². The minimum atomic E-state index is -0.602. The monoisotopic (exact) mass is 343 g/mol. The first-order chi connectivity index (χ1) is 11.4. The first-order valence-electron chi connectivity index (χ1n) is 7.90. The Bertz CT molecular complexity index is 680. The topological polar surface area (TPSA) is 29.5 Å². The maximum absolute atomic E-state index is 13.2. The van der Waals surface area contributed by atoms with Crippen LogP contribution in [-0.4, -0.2) is 43.7 Å². The Labute approximate surface area is 149 Å². The SMILES string of the molecule is COc1ccc(CC(C)(C(=O)c2ccc(SC)cc2)N(C)C)cc1. The fourth-order valence-electron chi connectivity index (χ4n) is 2.64. The summed E-state index contributed by atoms with van der Waals surface area (Å²) in [5, 5.41) is 0. The lowest BCUT2D eigenvalue weighted by Crippen LogP contribution is -2.50. The predicted molar refractivity (Wildman–Crippen MR) is 101 cm³/mol. The van der Waals surface area contributed by atoms with Crippen LogP contribution >= 0.6 is 11.8 Å². The average Bonchev–Trinajstić information content (AvgIpc) is 2.61. The highest BCUT2D eigenvalue weighted by molar-refractivity contribution is 7.98. The molecule has 0 radical (unpaired) electrons. The first-order valence-corrected chi connectivity index (χ1v) is 9.12. The summed E-state index contributed by atoms with van der Waals surface area (Å²) < 4.78 is 5.21. The Morgan fingerprint density at radius 1 is 1.08 bits per heavy atom. The summed E-state index contributed by atoms with van der Waals surface area (Å²) in [7, 11) is 5.57. The zero-order valence-corrected chi connectivity index (χ0v) is 15.8. The average molecular weight is 343 g/mol. The Kier molecular flexibility index (Phi) is 6.08. The molecular weight excluding hydrogens is 318 g/mol. The van der Waals surface area contributed by atoms with E-state index in [4.69, 9.17) is 4.74 Å². The van der Waals surface area contributed by atoms with Crippen LogP contribution in [0.5, 0.6) is 5.75 Å². The predicted octanol–water partition coefficient (Wildman–Crippen LogP) is 4.16. The van der Waals surface area contributed by atoms with Gasteiger partial charge in [-0.3, -0.25) is 9.69 Å². The van der Waals surface area contributed by atoms with E-state index in [1.807, 2.05) is 80.7 Å². The molecule has 3 nitrogen and oxygen atoms in total. The van der Waals surface area contributed by atoms with E-state index >= 15 is 0 Å². The molecule has 1 unspecified atom stereocenters. The number of ketones is 1. The number of rotatable bonds is 7. The van der Waals surface area contributed by atoms with Crippen LogP contribution in [0, 0.1) is 0 Å². The molecule has 0 N–H and O–H groups in total. The third kappa shape index (κ3) is 4.00. The fourth-order valence-corrected chi connectivity index (χ4v) is 3.04. The second-order valence-electron chi connectivity index (χ2n) is 6.25. The van der Waals surface area contributed by atoms with Gasteiger partial charge in [-0.1, -0.05) is 24.3 Å². The minimum absolute atomic E-state index is 0.135. The Hall–Kier alpha value is -1.78. The molecule has 2 rings (SSSR count). The summed E-state index contributed by atoms with van der Waals surface area (Å²) in [6.45, 7) is 2.00. The van der Waals surface area contributed by atoms with Crippen LogP contribution in [0.3, 0.4) is 0 Å². The molecule has 0 saturated heterocycles. The van der Waals surface area contributed by atoms with E-state index < -0.39 is 5.54 Å². The summed E-state index contributed by atoms with van der Waals surface area (Å²) in [6.07, 6.45) is 2.68. The van der Waals surface area contributed by atoms with Crippen molar-refractivity contribution in [3.63, 3.8) is 0 Å². The van der Waals surface area contributed by atoms with E-state index in [1.54, 1.807) is 18.9 Å². The number of methoxy groups -OCH3 is 1. The molecular formula is C20H25NO2S. The van der Waals surface area contributed by atoms with Gasteiger partial charge in [0.15, 0.2) is 5.78 Å². The summed E-state index contributed by atoms with van der Waals surface area (Å²) in [6, 6.07) is 15.7. The highest BCUT2D eigenvalue weighted by Gasteiger charge is 2.36. The van der Waals surface area contributed by atoms with Gasteiger partial charge in [-0.2, -0.15) is 0 Å². The van der Waals surface area contributed by atoms with Crippen LogP contribution in [0.1, 0.15) is 22.8 Å². The van der Waals surface area contributed by atoms with Crippen molar-refractivity contribution in [3.05, 3.63) is 59.7 Å². The molecule has 1 atom stereocenters. The number of Topliss-reactive ketones (excluding diaryl/α,β-unsaturated/α-hetero) is 1. The number of thioether (sulfide) groups is 1. The molecule has 0 saturated carbocycles. The van der Waals surface area contributed by atoms with E-state index in [0.29, 0.717) is 6.42 Å². The van der Waals surface area contributed by atoms with Gasteiger partial charge < -0.3 is 4.74 Å². The second kappa shape index (κ2) is 7.86. The molecule has 4 heteroatoms. The molecule has 0 aliphatic heterocycles. The third-order valence-electron chi connectivity index (χ3n) is 4.54. The molecule has 0 bridgehead atoms. The van der Waals surface area contributed by atoms with E-state index in [1.165, 1.54) is 0 Å². The first kappa shape index (κ1) is 18.6. The molecule has 2 aromatic rings. The number of nitrogens with zero attached hydrogens (tertiary/aromatic N) is 1. The van der Waals surface area contributed by atoms with Gasteiger partial charge in [0, 0.05) is 10.5 Å². The molecule has 2 aromatic carbocycles. The van der Waals surface area contributed by atoms with Crippen molar-refractivity contribution in [2.24, 2.45) is 0 Å². The smallest absolute Gasteiger partial charge is 0.183 e. The third-order valence-corrected chi connectivity index (χ3v) is 5.28. The van der Waals surface area contributed by atoms with Crippen LogP contribution in [-0.2, 0) is 6.42 Å². The number of benzene rings is 2. The van der Waals surface area contributed by atoms with E-state index in [2.05, 4.69) is 0 Å². The van der Waals surface area contributed by atoms with Crippen molar-refractivity contribution < 1.29 is 9.53 Å². The maximum atomic E-state index is 13.2. The molecule has 0 aliphatic carbocycles. The zero-order chi connectivity index (χ0) is 17.7. The standard InChI is InChI=1S/C20H25NO2S/c1-20(21(2)3,14-15-6-10-17(23-4)11-7-15)19(22)16-8-12-18(24-5)13-9-16/h6-13H,14H2,1-5H3. The van der Waals surface area contributed by atoms with E-state index in [0.717, 1.165) is 21.8 Å². The van der Waals surface area contributed by atoms with Crippen LogP contribution in [0.25, 0.3) is 0 Å². The summed E-state index contributed by atoms with van der Waals surface area (Å²) in [5.41, 5.74) is 1.26. The Balaban J connectivity index is 2.28. The lowest BCUT2D eigenvalue weighted by atomic mass is 9.84. The number of hydrogen-bond acceptors (Lipinski definition) is 4. The molecule has 0 amide bonds. The van der Waals surface area contributed by atoms with Gasteiger partial charge in [-0.15, -0.1) is 11.8 Å². The zero-order valence-electron chi connectivity index (χ0n) is 15.0. The van der Waals surface area contributed by atoms with Crippen molar-refractivity contribution in [2.45, 2.75) is 23.8 Å². The van der Waals surface area contributed by atoms with Gasteiger partial charge in [-0.25, -0.2) is 0 Å². The lowest BCUT2D eigenvalue weighted by Gasteiger charge is -2.35. The number of likely N-dealkylation sites (N-methyl/N-ethyl adjacent to an activating group) is 1. The Morgan fingerprint density at radius 3 is 2.12 bits per heavy atom. The highest BCUT2D eigenvalue weighted by atomic mass is 32.2. The van der Waals surface area contributed by atoms with Gasteiger partial charge in [-0.05, 0) is 63.5 Å². The summed E-state index contributed by atoms with van der Waals surface area (Å²) >= 11 is 1.68. The van der Waals surface area contributed by atoms with Crippen molar-refractivity contribution >= 4 is 17.5 Å². The molecule has 0 aliphatic rings. The molecule has 0 heterocycles. The summed E-state index contributed by atoms with van der Waals surface area (Å²) in [5.74, 6) is 0.959. The quantitative estimate of drug-likeness (QED) is 0.558. The highest BCUT2D eigenvalue weighted by Crippen LogP contribution is 2.26. The van der Waals surface area contributed by atoms with Gasteiger partial charge in [0.2, 0.25) is 0 Å². The van der Waals surface area contributed by atoms with Gasteiger partial charge in [0.25, 0.3) is 0 Å². The maximum Gasteiger partial charge on any atom is 0.183 e. The van der Waals surface area contributed by atoms with Gasteiger partial charge in [0.1, 0.15) is 5.75 Å². The second-order valence-corrected chi connectivity index (χ2v) is 7.13. The van der Waals surface area contributed by atoms with Crippen LogP contribution in [0.15, 0.2) is 53.4 Å². The van der Waals surface area contributed by atoms with Crippen LogP contribution < -0.4 is 4.74 Å². The number of ether oxygens (including phenoxy) is 1. The van der Waals surface area contributed by atoms with Crippen LogP contribution in [0.4, 0.5) is 0 Å². The summed E-state index contributed by atoms with van der Waals surface area (Å²) in [4.78, 5) is 16.3. The van der Waals surface area contributed by atoms with Crippen molar-refractivity contribution in [1.29, 1.82) is 0 Å². The lowest BCUT2D eigenvalue weighted by molar-refractivity contribution is 0.0719. The molecule has 24 heavy (non-hydrogen) atoms. The normalized spacial score (nSPS) is 13.6. The largest absolute Gasteiger partial charge is 0.497 e. The molecule has 128 valence electrons. The van der Waals surface area contributed by atoms with E-state index in [-0.39, 0.29) is 5.78 Å². The van der Waals surface area contributed by atoms with Gasteiger partial charge in [0.05, 0.1) is 12.6 Å². The number of carbonyl (C=O) groups is 1. The molecule has 0 fully saturated rings. The van der Waals surface area contributed by atoms with Crippen LogP contribution in [0.2, 0.25) is 0 Å². The fraction of sp³-hybridized carbons (Fsp3) is 0.350. The molecule has 0 aromatic heterocycles. The number of carbonyl (C=O) groups excluding carboxylic acids is 1. The number of hydrogen-bond donors (Lipinski definition) is 0.